The van der Waals surface area contributed by atoms with Gasteiger partial charge in [-0.15, -0.1) is 0 Å². The van der Waals surface area contributed by atoms with Crippen LogP contribution in [0.1, 0.15) is 6.42 Å². The smallest absolute Gasteiger partial charge is 0.480 e. The Bertz CT molecular complexity index is 267. The van der Waals surface area contributed by atoms with Crippen molar-refractivity contribution in [2.75, 3.05) is 6.54 Å². The molecule has 94 valence electrons. The predicted octanol–water partition coefficient (Wildman–Crippen LogP) is -0.573. The number of carbonyl (C=O) groups is 2. The average Bonchev–Trinajstić information content (AvgIpc) is 2.51. The Balaban J connectivity index is 0.000000293. The first-order valence-corrected chi connectivity index (χ1v) is 4.09. The van der Waals surface area contributed by atoms with Crippen LogP contribution in [0.2, 0.25) is 0 Å². The number of aliphatic carboxylic acids is 2. The van der Waals surface area contributed by atoms with Crippen LogP contribution in [0.4, 0.5) is 13.2 Å². The van der Waals surface area contributed by atoms with E-state index in [-0.39, 0.29) is 0 Å². The number of carboxylic acid groups (broad SMARTS) is 2. The van der Waals surface area contributed by atoms with Crippen LogP contribution < -0.4 is 5.32 Å². The summed E-state index contributed by atoms with van der Waals surface area (Å²) in [6.07, 6.45) is -5.24. The summed E-state index contributed by atoms with van der Waals surface area (Å²) in [4.78, 5) is 19.1. The monoisotopic (exact) mass is 245 g/mol. The van der Waals surface area contributed by atoms with Gasteiger partial charge >= 0.3 is 18.1 Å². The van der Waals surface area contributed by atoms with E-state index in [9.17, 15) is 18.0 Å². The Kier molecular flexibility index (Phi) is 5.18. The van der Waals surface area contributed by atoms with Crippen LogP contribution in [-0.2, 0) is 9.59 Å². The fraction of sp³-hybridized carbons (Fsp3) is 0.714. The topological polar surface area (TPSA) is 107 Å². The van der Waals surface area contributed by atoms with Gasteiger partial charge in [-0.2, -0.15) is 13.2 Å². The molecule has 16 heavy (non-hydrogen) atoms. The minimum atomic E-state index is -5.08. The van der Waals surface area contributed by atoms with E-state index in [2.05, 4.69) is 5.32 Å². The van der Waals surface area contributed by atoms with E-state index in [1.165, 1.54) is 0 Å². The van der Waals surface area contributed by atoms with Gasteiger partial charge in [0, 0.05) is 13.0 Å². The molecule has 1 aliphatic rings. The van der Waals surface area contributed by atoms with Gasteiger partial charge in [-0.05, 0) is 0 Å². The standard InChI is InChI=1S/C5H9NO3.C2HF3O2/c7-3-1-4(5(8)9)6-2-3;3-2(4,5)1(6)7/h3-4,6-7H,1-2H2,(H,8,9);(H,6,7)/t3-,4+;/m1./s1. The van der Waals surface area contributed by atoms with E-state index in [1.54, 1.807) is 0 Å². The van der Waals surface area contributed by atoms with Crippen LogP contribution in [0, 0.1) is 0 Å². The molecule has 0 aromatic carbocycles. The molecule has 2 atom stereocenters. The molecule has 0 amide bonds. The number of aliphatic hydroxyl groups is 1. The molecule has 0 aromatic rings. The fourth-order valence-corrected chi connectivity index (χ4v) is 0.905. The number of hydrogen-bond donors (Lipinski definition) is 4. The predicted molar refractivity (Wildman–Crippen MR) is 43.7 cm³/mol. The van der Waals surface area contributed by atoms with E-state index in [4.69, 9.17) is 20.1 Å². The Morgan fingerprint density at radius 1 is 1.25 bits per heavy atom. The lowest BCUT2D eigenvalue weighted by atomic mass is 10.2. The second kappa shape index (κ2) is 5.66. The van der Waals surface area contributed by atoms with Crippen molar-refractivity contribution in [3.05, 3.63) is 0 Å². The summed E-state index contributed by atoms with van der Waals surface area (Å²) in [7, 11) is 0. The molecule has 1 fully saturated rings. The maximum absolute atomic E-state index is 10.6. The van der Waals surface area contributed by atoms with Crippen molar-refractivity contribution in [3.63, 3.8) is 0 Å². The first-order valence-electron chi connectivity index (χ1n) is 4.09. The molecule has 0 radical (unpaired) electrons. The molecule has 1 rings (SSSR count). The number of halogens is 3. The minimum Gasteiger partial charge on any atom is -0.480 e. The third-order valence-electron chi connectivity index (χ3n) is 1.65. The van der Waals surface area contributed by atoms with Gasteiger partial charge in [-0.25, -0.2) is 4.79 Å². The van der Waals surface area contributed by atoms with Crippen molar-refractivity contribution >= 4 is 11.9 Å². The SMILES string of the molecule is O=C(O)C(F)(F)F.O=C(O)[C@@H]1C[C@@H](O)CN1. The van der Waals surface area contributed by atoms with Gasteiger partial charge in [0.25, 0.3) is 0 Å². The molecule has 1 saturated heterocycles. The zero-order valence-electron chi connectivity index (χ0n) is 7.86. The summed E-state index contributed by atoms with van der Waals surface area (Å²) in [6, 6.07) is -0.542. The Hall–Kier alpha value is -1.35. The maximum Gasteiger partial charge on any atom is 0.490 e. The number of nitrogens with one attached hydrogen (secondary N) is 1. The number of aliphatic hydroxyl groups excluding tert-OH is 1. The van der Waals surface area contributed by atoms with Gasteiger partial charge in [0.05, 0.1) is 6.10 Å². The second-order valence-electron chi connectivity index (χ2n) is 2.99. The number of rotatable bonds is 1. The third kappa shape index (κ3) is 5.51. The van der Waals surface area contributed by atoms with Gasteiger partial charge in [0.15, 0.2) is 0 Å². The van der Waals surface area contributed by atoms with Crippen molar-refractivity contribution in [2.45, 2.75) is 24.7 Å². The number of β-amino-alcohol motifs (C(OH)–C–C–N with tert-alkyl or cyclic N) is 1. The van der Waals surface area contributed by atoms with Crippen molar-refractivity contribution in [3.8, 4) is 0 Å². The van der Waals surface area contributed by atoms with E-state index >= 15 is 0 Å². The average molecular weight is 245 g/mol. The highest BCUT2D eigenvalue weighted by molar-refractivity contribution is 5.74. The summed E-state index contributed by atoms with van der Waals surface area (Å²) in [5.41, 5.74) is 0. The van der Waals surface area contributed by atoms with Gasteiger partial charge in [0.1, 0.15) is 6.04 Å². The maximum atomic E-state index is 10.6. The Labute approximate surface area is 87.7 Å². The minimum absolute atomic E-state index is 0.329. The molecule has 0 spiro atoms. The Morgan fingerprint density at radius 3 is 1.81 bits per heavy atom. The van der Waals surface area contributed by atoms with Crippen molar-refractivity contribution < 1.29 is 38.1 Å². The molecule has 0 aliphatic carbocycles. The molecule has 1 aliphatic heterocycles. The number of carboxylic acids is 2. The second-order valence-corrected chi connectivity index (χ2v) is 2.99. The first-order chi connectivity index (χ1) is 7.14. The van der Waals surface area contributed by atoms with Crippen molar-refractivity contribution in [2.24, 2.45) is 0 Å². The van der Waals surface area contributed by atoms with Crippen LogP contribution in [0.3, 0.4) is 0 Å². The summed E-state index contributed by atoms with van der Waals surface area (Å²) in [5.74, 6) is -3.64. The van der Waals surface area contributed by atoms with E-state index < -0.39 is 30.3 Å². The van der Waals surface area contributed by atoms with Crippen molar-refractivity contribution in [1.29, 1.82) is 0 Å². The molecule has 4 N–H and O–H groups in total. The first kappa shape index (κ1) is 14.6. The van der Waals surface area contributed by atoms with Crippen LogP contribution in [-0.4, -0.2) is 52.1 Å². The van der Waals surface area contributed by atoms with E-state index in [1.807, 2.05) is 0 Å². The highest BCUT2D eigenvalue weighted by atomic mass is 19.4. The molecule has 6 nitrogen and oxygen atoms in total. The van der Waals surface area contributed by atoms with Crippen LogP contribution in [0.5, 0.6) is 0 Å². The summed E-state index contributed by atoms with van der Waals surface area (Å²) < 4.78 is 31.7. The van der Waals surface area contributed by atoms with Crippen molar-refractivity contribution in [1.82, 2.24) is 5.32 Å². The van der Waals surface area contributed by atoms with Gasteiger partial charge in [-0.1, -0.05) is 0 Å². The molecule has 0 aromatic heterocycles. The zero-order valence-corrected chi connectivity index (χ0v) is 7.86. The zero-order chi connectivity index (χ0) is 12.9. The number of hydrogen-bond acceptors (Lipinski definition) is 4. The summed E-state index contributed by atoms with van der Waals surface area (Å²) in [6.45, 7) is 0.400. The Morgan fingerprint density at radius 2 is 1.69 bits per heavy atom. The third-order valence-corrected chi connectivity index (χ3v) is 1.65. The van der Waals surface area contributed by atoms with Crippen LogP contribution in [0.15, 0.2) is 0 Å². The summed E-state index contributed by atoms with van der Waals surface area (Å²) in [5, 5.41) is 27.0. The quantitative estimate of drug-likeness (QED) is 0.492. The fourth-order valence-electron chi connectivity index (χ4n) is 0.905. The molecule has 0 unspecified atom stereocenters. The van der Waals surface area contributed by atoms with Gasteiger partial charge in [-0.3, -0.25) is 4.79 Å². The van der Waals surface area contributed by atoms with Crippen LogP contribution >= 0.6 is 0 Å². The molecule has 9 heteroatoms. The van der Waals surface area contributed by atoms with E-state index in [0.717, 1.165) is 0 Å². The molecule has 1 heterocycles. The highest BCUT2D eigenvalue weighted by Gasteiger charge is 2.38. The number of alkyl halides is 3. The van der Waals surface area contributed by atoms with Crippen LogP contribution in [0.25, 0.3) is 0 Å². The van der Waals surface area contributed by atoms with E-state index in [0.29, 0.717) is 13.0 Å². The van der Waals surface area contributed by atoms with Gasteiger partial charge < -0.3 is 20.6 Å². The van der Waals surface area contributed by atoms with Gasteiger partial charge in [0.2, 0.25) is 0 Å². The lowest BCUT2D eigenvalue weighted by molar-refractivity contribution is -0.192. The lowest BCUT2D eigenvalue weighted by Gasteiger charge is -1.99. The molecule has 0 bridgehead atoms. The molecular formula is C7H10F3NO5. The normalized spacial score (nSPS) is 24.5. The largest absolute Gasteiger partial charge is 0.490 e. The summed E-state index contributed by atoms with van der Waals surface area (Å²) >= 11 is 0. The lowest BCUT2D eigenvalue weighted by Crippen LogP contribution is -2.29. The highest BCUT2D eigenvalue weighted by Crippen LogP contribution is 2.13. The molecule has 0 saturated carbocycles. The molecular weight excluding hydrogens is 235 g/mol.